The molecule has 1 atom stereocenters. The summed E-state index contributed by atoms with van der Waals surface area (Å²) in [6.07, 6.45) is 2.66. The van der Waals surface area contributed by atoms with Gasteiger partial charge in [-0.15, -0.1) is 22.9 Å². The average Bonchev–Trinajstić information content (AvgIpc) is 2.65. The van der Waals surface area contributed by atoms with E-state index in [1.165, 1.54) is 10.4 Å². The molecule has 0 saturated carbocycles. The van der Waals surface area contributed by atoms with Gasteiger partial charge >= 0.3 is 0 Å². The van der Waals surface area contributed by atoms with E-state index < -0.39 is 0 Å². The van der Waals surface area contributed by atoms with Crippen molar-refractivity contribution in [3.05, 3.63) is 16.8 Å². The molecule has 0 radical (unpaired) electrons. The lowest BCUT2D eigenvalue weighted by molar-refractivity contribution is 0.541. The number of alkyl halides is 1. The maximum absolute atomic E-state index is 6.05. The number of hydrogen-bond acceptors (Lipinski definition) is 4. The van der Waals surface area contributed by atoms with Gasteiger partial charge in [0.15, 0.2) is 0 Å². The lowest BCUT2D eigenvalue weighted by Crippen LogP contribution is -2.24. The van der Waals surface area contributed by atoms with Gasteiger partial charge in [0.1, 0.15) is 17.0 Å². The van der Waals surface area contributed by atoms with Crippen LogP contribution >= 0.6 is 22.9 Å². The molecule has 0 aliphatic rings. The van der Waals surface area contributed by atoms with Crippen molar-refractivity contribution in [3.8, 4) is 0 Å². The summed E-state index contributed by atoms with van der Waals surface area (Å²) >= 11 is 7.77. The SMILES string of the molecule is Cc1sc2ncnc(NC(CCl)CC(C)C)c2c1C. The predicted molar refractivity (Wildman–Crippen MR) is 84.5 cm³/mol. The molecule has 104 valence electrons. The van der Waals surface area contributed by atoms with Crippen LogP contribution in [0.15, 0.2) is 6.33 Å². The zero-order valence-corrected chi connectivity index (χ0v) is 13.4. The summed E-state index contributed by atoms with van der Waals surface area (Å²) in [7, 11) is 0. The molecule has 0 fully saturated rings. The molecule has 0 aliphatic carbocycles. The number of nitrogens with one attached hydrogen (secondary N) is 1. The molecule has 2 heterocycles. The third-order valence-electron chi connectivity index (χ3n) is 3.25. The Bertz CT molecular complexity index is 565. The van der Waals surface area contributed by atoms with Crippen LogP contribution in [-0.2, 0) is 0 Å². The van der Waals surface area contributed by atoms with Gasteiger partial charge in [0, 0.05) is 16.8 Å². The molecule has 0 amide bonds. The van der Waals surface area contributed by atoms with E-state index >= 15 is 0 Å². The van der Waals surface area contributed by atoms with E-state index in [9.17, 15) is 0 Å². The zero-order chi connectivity index (χ0) is 14.0. The van der Waals surface area contributed by atoms with E-state index in [0.29, 0.717) is 11.8 Å². The van der Waals surface area contributed by atoms with Crippen LogP contribution in [0, 0.1) is 19.8 Å². The first-order valence-corrected chi connectivity index (χ1v) is 7.91. The standard InChI is InChI=1S/C14H20ClN3S/c1-8(2)5-11(6-15)18-13-12-9(3)10(4)19-14(12)17-7-16-13/h7-8,11H,5-6H2,1-4H3,(H,16,17,18). The number of fused-ring (bicyclic) bond motifs is 1. The fraction of sp³-hybridized carbons (Fsp3) is 0.571. The molecule has 3 nitrogen and oxygen atoms in total. The van der Waals surface area contributed by atoms with E-state index in [4.69, 9.17) is 11.6 Å². The van der Waals surface area contributed by atoms with Crippen molar-refractivity contribution in [2.75, 3.05) is 11.2 Å². The van der Waals surface area contributed by atoms with Gasteiger partial charge < -0.3 is 5.32 Å². The first-order valence-electron chi connectivity index (χ1n) is 6.56. The second-order valence-corrected chi connectivity index (χ2v) is 6.82. The molecular formula is C14H20ClN3S. The monoisotopic (exact) mass is 297 g/mol. The molecule has 2 rings (SSSR count). The van der Waals surface area contributed by atoms with E-state index in [1.54, 1.807) is 17.7 Å². The highest BCUT2D eigenvalue weighted by atomic mass is 35.5. The molecule has 2 aromatic rings. The number of nitrogens with zero attached hydrogens (tertiary/aromatic N) is 2. The Morgan fingerprint density at radius 1 is 1.32 bits per heavy atom. The van der Waals surface area contributed by atoms with E-state index in [2.05, 4.69) is 43.0 Å². The highest BCUT2D eigenvalue weighted by Crippen LogP contribution is 2.33. The van der Waals surface area contributed by atoms with Crippen LogP contribution in [0.1, 0.15) is 30.7 Å². The van der Waals surface area contributed by atoms with Crippen LogP contribution in [0.4, 0.5) is 5.82 Å². The van der Waals surface area contributed by atoms with Gasteiger partial charge in [0.05, 0.1) is 5.39 Å². The Morgan fingerprint density at radius 2 is 2.05 bits per heavy atom. The maximum atomic E-state index is 6.05. The molecule has 19 heavy (non-hydrogen) atoms. The number of thiophene rings is 1. The first kappa shape index (κ1) is 14.5. The Labute approximate surface area is 123 Å². The summed E-state index contributed by atoms with van der Waals surface area (Å²) in [5, 5.41) is 4.62. The zero-order valence-electron chi connectivity index (χ0n) is 11.8. The Hall–Kier alpha value is -0.870. The molecule has 0 saturated heterocycles. The number of aryl methyl sites for hydroxylation is 2. The molecule has 0 aromatic carbocycles. The summed E-state index contributed by atoms with van der Waals surface area (Å²) in [5.41, 5.74) is 1.26. The largest absolute Gasteiger partial charge is 0.365 e. The summed E-state index contributed by atoms with van der Waals surface area (Å²) in [6, 6.07) is 0.249. The number of hydrogen-bond donors (Lipinski definition) is 1. The Kier molecular flexibility index (Phi) is 4.63. The summed E-state index contributed by atoms with van der Waals surface area (Å²) in [5.74, 6) is 2.11. The molecule has 0 spiro atoms. The quantitative estimate of drug-likeness (QED) is 0.833. The Balaban J connectivity index is 2.34. The third kappa shape index (κ3) is 3.18. The number of rotatable bonds is 5. The van der Waals surface area contributed by atoms with Gasteiger partial charge in [-0.3, -0.25) is 0 Å². The molecule has 2 aromatic heterocycles. The van der Waals surface area contributed by atoms with E-state index in [1.807, 2.05) is 0 Å². The van der Waals surface area contributed by atoms with Gasteiger partial charge in [0.2, 0.25) is 0 Å². The van der Waals surface area contributed by atoms with Crippen molar-refractivity contribution in [1.82, 2.24) is 9.97 Å². The van der Waals surface area contributed by atoms with Crippen LogP contribution < -0.4 is 5.32 Å². The second-order valence-electron chi connectivity index (χ2n) is 5.31. The highest BCUT2D eigenvalue weighted by Gasteiger charge is 2.15. The Morgan fingerprint density at radius 3 is 2.68 bits per heavy atom. The topological polar surface area (TPSA) is 37.8 Å². The normalized spacial score (nSPS) is 13.2. The van der Waals surface area contributed by atoms with Gasteiger partial charge in [-0.1, -0.05) is 13.8 Å². The van der Waals surface area contributed by atoms with Crippen LogP contribution in [0.25, 0.3) is 10.2 Å². The van der Waals surface area contributed by atoms with Crippen molar-refractivity contribution >= 4 is 39.0 Å². The maximum Gasteiger partial charge on any atom is 0.138 e. The molecule has 1 unspecified atom stereocenters. The fourth-order valence-corrected chi connectivity index (χ4v) is 3.41. The van der Waals surface area contributed by atoms with E-state index in [0.717, 1.165) is 22.5 Å². The second kappa shape index (κ2) is 6.06. The number of halogens is 1. The fourth-order valence-electron chi connectivity index (χ4n) is 2.21. The average molecular weight is 298 g/mol. The smallest absolute Gasteiger partial charge is 0.138 e. The van der Waals surface area contributed by atoms with Crippen molar-refractivity contribution in [1.29, 1.82) is 0 Å². The van der Waals surface area contributed by atoms with Crippen molar-refractivity contribution in [2.24, 2.45) is 5.92 Å². The van der Waals surface area contributed by atoms with Gasteiger partial charge in [-0.05, 0) is 31.7 Å². The molecule has 0 aliphatic heterocycles. The van der Waals surface area contributed by atoms with Crippen LogP contribution in [0.3, 0.4) is 0 Å². The highest BCUT2D eigenvalue weighted by molar-refractivity contribution is 7.18. The van der Waals surface area contributed by atoms with E-state index in [-0.39, 0.29) is 6.04 Å². The van der Waals surface area contributed by atoms with Crippen LogP contribution in [-0.4, -0.2) is 21.9 Å². The van der Waals surface area contributed by atoms with Gasteiger partial charge in [0.25, 0.3) is 0 Å². The van der Waals surface area contributed by atoms with Crippen molar-refractivity contribution in [2.45, 2.75) is 40.2 Å². The summed E-state index contributed by atoms with van der Waals surface area (Å²) in [4.78, 5) is 11.1. The number of anilines is 1. The summed E-state index contributed by atoms with van der Waals surface area (Å²) < 4.78 is 0. The van der Waals surface area contributed by atoms with Crippen LogP contribution in [0.5, 0.6) is 0 Å². The minimum Gasteiger partial charge on any atom is -0.365 e. The molecule has 5 heteroatoms. The van der Waals surface area contributed by atoms with Crippen molar-refractivity contribution in [3.63, 3.8) is 0 Å². The van der Waals surface area contributed by atoms with Gasteiger partial charge in [-0.25, -0.2) is 9.97 Å². The van der Waals surface area contributed by atoms with Crippen molar-refractivity contribution < 1.29 is 0 Å². The lowest BCUT2D eigenvalue weighted by atomic mass is 10.0. The third-order valence-corrected chi connectivity index (χ3v) is 4.74. The lowest BCUT2D eigenvalue weighted by Gasteiger charge is -2.19. The molecular weight excluding hydrogens is 278 g/mol. The van der Waals surface area contributed by atoms with Gasteiger partial charge in [-0.2, -0.15) is 0 Å². The summed E-state index contributed by atoms with van der Waals surface area (Å²) in [6.45, 7) is 8.66. The minimum absolute atomic E-state index is 0.249. The number of aromatic nitrogens is 2. The molecule has 1 N–H and O–H groups in total. The van der Waals surface area contributed by atoms with Crippen LogP contribution in [0.2, 0.25) is 0 Å². The first-order chi connectivity index (χ1) is 9.02. The predicted octanol–water partition coefficient (Wildman–Crippen LogP) is 4.37. The minimum atomic E-state index is 0.249. The molecule has 0 bridgehead atoms.